The quantitative estimate of drug-likeness (QED) is 0.761. The largest absolute Gasteiger partial charge is 0.477 e. The summed E-state index contributed by atoms with van der Waals surface area (Å²) in [6, 6.07) is -0.781. The van der Waals surface area contributed by atoms with E-state index >= 15 is 0 Å². The summed E-state index contributed by atoms with van der Waals surface area (Å²) in [7, 11) is 1.59. The molecule has 1 aromatic heterocycles. The summed E-state index contributed by atoms with van der Waals surface area (Å²) < 4.78 is 1.36. The predicted octanol–water partition coefficient (Wildman–Crippen LogP) is 0.754. The molecule has 0 radical (unpaired) electrons. The number of hydrogen-bond acceptors (Lipinski definition) is 5. The molecule has 2 N–H and O–H groups in total. The lowest BCUT2D eigenvalue weighted by Crippen LogP contribution is -2.70. The molecule has 2 amide bonds. The fraction of sp³-hybridized carbons (Fsp3) is 0.429. The van der Waals surface area contributed by atoms with Gasteiger partial charge in [0.15, 0.2) is 0 Å². The Kier molecular flexibility index (Phi) is 4.08. The van der Waals surface area contributed by atoms with Crippen molar-refractivity contribution in [3.05, 3.63) is 27.7 Å². The van der Waals surface area contributed by atoms with Crippen LogP contribution in [0.5, 0.6) is 0 Å². The molecule has 3 rings (SSSR count). The summed E-state index contributed by atoms with van der Waals surface area (Å²) in [5, 5.41) is 15.8. The highest BCUT2D eigenvalue weighted by atomic mass is 35.5. The van der Waals surface area contributed by atoms with Gasteiger partial charge in [-0.2, -0.15) is 5.10 Å². The molecule has 1 fully saturated rings. The van der Waals surface area contributed by atoms with Crippen molar-refractivity contribution >= 4 is 41.1 Å². The number of β-lactam (4-membered cyclic amide) rings is 1. The van der Waals surface area contributed by atoms with Gasteiger partial charge in [0.2, 0.25) is 0 Å². The summed E-state index contributed by atoms with van der Waals surface area (Å²) in [5.74, 6) is -1.59. The van der Waals surface area contributed by atoms with Gasteiger partial charge >= 0.3 is 5.97 Å². The highest BCUT2D eigenvalue weighted by Gasteiger charge is 2.53. The zero-order chi connectivity index (χ0) is 17.8. The summed E-state index contributed by atoms with van der Waals surface area (Å²) >= 11 is 7.50. The van der Waals surface area contributed by atoms with Crippen molar-refractivity contribution in [3.63, 3.8) is 0 Å². The number of carboxylic acids is 1. The minimum atomic E-state index is -1.14. The second kappa shape index (κ2) is 5.82. The third-order valence-electron chi connectivity index (χ3n) is 4.01. The zero-order valence-corrected chi connectivity index (χ0v) is 14.7. The molecule has 1 aromatic rings. The Hall–Kier alpha value is -2.00. The van der Waals surface area contributed by atoms with Crippen LogP contribution in [0.4, 0.5) is 0 Å². The van der Waals surface area contributed by atoms with Crippen LogP contribution < -0.4 is 5.32 Å². The van der Waals surface area contributed by atoms with Gasteiger partial charge in [-0.15, -0.1) is 11.8 Å². The number of aromatic nitrogens is 2. The molecule has 0 aliphatic carbocycles. The van der Waals surface area contributed by atoms with Gasteiger partial charge in [-0.1, -0.05) is 11.6 Å². The standard InChI is InChI=1S/C14H15ClN4O4S/c1-5-4-24-13-8(12(21)19(13)9(5)14(22)23)16-11(20)10-7(15)6(2)17-18(10)3/h8,13H,4H2,1-3H3,(H,16,20)(H,22,23). The van der Waals surface area contributed by atoms with Gasteiger partial charge in [-0.05, 0) is 19.4 Å². The summed E-state index contributed by atoms with van der Waals surface area (Å²) in [6.07, 6.45) is 0. The lowest BCUT2D eigenvalue weighted by Gasteiger charge is -2.49. The predicted molar refractivity (Wildman–Crippen MR) is 87.6 cm³/mol. The molecule has 8 nitrogen and oxygen atoms in total. The van der Waals surface area contributed by atoms with E-state index in [1.165, 1.54) is 21.3 Å². The van der Waals surface area contributed by atoms with Crippen molar-refractivity contribution in [2.24, 2.45) is 7.05 Å². The molecular weight excluding hydrogens is 356 g/mol. The number of amides is 2. The first-order valence-corrected chi connectivity index (χ1v) is 8.54. The molecule has 2 aliphatic heterocycles. The number of hydrogen-bond donors (Lipinski definition) is 2. The number of carbonyl (C=O) groups excluding carboxylic acids is 2. The van der Waals surface area contributed by atoms with Crippen LogP contribution in [0.1, 0.15) is 23.1 Å². The summed E-state index contributed by atoms with van der Waals surface area (Å²) in [4.78, 5) is 37.4. The van der Waals surface area contributed by atoms with Crippen LogP contribution in [0.15, 0.2) is 11.3 Å². The van der Waals surface area contributed by atoms with Crippen LogP contribution in [0.25, 0.3) is 0 Å². The summed E-state index contributed by atoms with van der Waals surface area (Å²) in [5.41, 5.74) is 1.33. The maximum Gasteiger partial charge on any atom is 0.352 e. The number of aryl methyl sites for hydroxylation is 2. The molecule has 10 heteroatoms. The lowest BCUT2D eigenvalue weighted by atomic mass is 10.0. The second-order valence-electron chi connectivity index (χ2n) is 5.67. The first kappa shape index (κ1) is 16.8. The van der Waals surface area contributed by atoms with Crippen LogP contribution in [0, 0.1) is 6.92 Å². The molecule has 2 aliphatic rings. The average molecular weight is 371 g/mol. The fourth-order valence-corrected chi connectivity index (χ4v) is 4.40. The van der Waals surface area contributed by atoms with Crippen molar-refractivity contribution < 1.29 is 19.5 Å². The van der Waals surface area contributed by atoms with Crippen LogP contribution in [0.3, 0.4) is 0 Å². The van der Waals surface area contributed by atoms with E-state index in [1.807, 2.05) is 0 Å². The van der Waals surface area contributed by atoms with Crippen LogP contribution in [-0.2, 0) is 16.6 Å². The zero-order valence-electron chi connectivity index (χ0n) is 13.2. The van der Waals surface area contributed by atoms with Gasteiger partial charge in [0, 0.05) is 12.8 Å². The second-order valence-corrected chi connectivity index (χ2v) is 7.15. The number of nitrogens with zero attached hydrogens (tertiary/aromatic N) is 3. The van der Waals surface area contributed by atoms with Gasteiger partial charge in [0.25, 0.3) is 11.8 Å². The normalized spacial score (nSPS) is 23.0. The SMILES string of the molecule is CC1=C(C(=O)O)N2C(=O)C(NC(=O)c3c(Cl)c(C)nn3C)C2SC1. The Balaban J connectivity index is 1.81. The number of nitrogens with one attached hydrogen (secondary N) is 1. The monoisotopic (exact) mass is 370 g/mol. The molecule has 2 atom stereocenters. The number of carboxylic acid groups (broad SMARTS) is 1. The van der Waals surface area contributed by atoms with E-state index in [0.717, 1.165) is 0 Å². The van der Waals surface area contributed by atoms with Gasteiger partial charge < -0.3 is 10.4 Å². The number of carbonyl (C=O) groups is 3. The van der Waals surface area contributed by atoms with E-state index in [9.17, 15) is 19.5 Å². The van der Waals surface area contributed by atoms with E-state index < -0.39 is 29.2 Å². The van der Waals surface area contributed by atoms with Gasteiger partial charge in [0.05, 0.1) is 10.7 Å². The first-order valence-electron chi connectivity index (χ1n) is 7.11. The minimum absolute atomic E-state index is 0.00339. The first-order chi connectivity index (χ1) is 11.2. The highest BCUT2D eigenvalue weighted by molar-refractivity contribution is 8.00. The third-order valence-corrected chi connectivity index (χ3v) is 5.89. The Morgan fingerprint density at radius 2 is 2.08 bits per heavy atom. The molecule has 0 aromatic carbocycles. The molecular formula is C14H15ClN4O4S. The molecule has 128 valence electrons. The Morgan fingerprint density at radius 1 is 1.42 bits per heavy atom. The van der Waals surface area contributed by atoms with Gasteiger partial charge in [-0.25, -0.2) is 4.79 Å². The molecule has 3 heterocycles. The number of aliphatic carboxylic acids is 1. The van der Waals surface area contributed by atoms with Crippen molar-refractivity contribution in [1.29, 1.82) is 0 Å². The number of thioether (sulfide) groups is 1. The average Bonchev–Trinajstić information content (AvgIpc) is 2.76. The van der Waals surface area contributed by atoms with Crippen molar-refractivity contribution in [1.82, 2.24) is 20.0 Å². The van der Waals surface area contributed by atoms with Crippen molar-refractivity contribution in [2.45, 2.75) is 25.3 Å². The van der Waals surface area contributed by atoms with Crippen LogP contribution in [0.2, 0.25) is 5.02 Å². The van der Waals surface area contributed by atoms with E-state index in [2.05, 4.69) is 10.4 Å². The van der Waals surface area contributed by atoms with Crippen molar-refractivity contribution in [3.8, 4) is 0 Å². The maximum absolute atomic E-state index is 12.4. The maximum atomic E-state index is 12.4. The van der Waals surface area contributed by atoms with Gasteiger partial charge in [-0.3, -0.25) is 19.2 Å². The number of rotatable bonds is 3. The Labute approximate surface area is 146 Å². The van der Waals surface area contributed by atoms with E-state index in [0.29, 0.717) is 17.0 Å². The van der Waals surface area contributed by atoms with Crippen molar-refractivity contribution in [2.75, 3.05) is 5.75 Å². The highest BCUT2D eigenvalue weighted by Crippen LogP contribution is 2.40. The number of fused-ring (bicyclic) bond motifs is 1. The number of halogens is 1. The molecule has 0 saturated carbocycles. The topological polar surface area (TPSA) is 105 Å². The van der Waals surface area contributed by atoms with Gasteiger partial charge in [0.1, 0.15) is 22.8 Å². The van der Waals surface area contributed by atoms with Crippen LogP contribution in [-0.4, -0.2) is 54.7 Å². The minimum Gasteiger partial charge on any atom is -0.477 e. The molecule has 24 heavy (non-hydrogen) atoms. The Morgan fingerprint density at radius 3 is 2.62 bits per heavy atom. The van der Waals surface area contributed by atoms with E-state index in [4.69, 9.17) is 11.6 Å². The smallest absolute Gasteiger partial charge is 0.352 e. The van der Waals surface area contributed by atoms with E-state index in [1.54, 1.807) is 20.9 Å². The molecule has 0 spiro atoms. The Bertz CT molecular complexity index is 803. The lowest BCUT2D eigenvalue weighted by molar-refractivity contribution is -0.148. The van der Waals surface area contributed by atoms with E-state index in [-0.39, 0.29) is 16.4 Å². The molecule has 0 bridgehead atoms. The fourth-order valence-electron chi connectivity index (χ4n) is 2.86. The summed E-state index contributed by atoms with van der Waals surface area (Å²) in [6.45, 7) is 3.36. The third kappa shape index (κ3) is 2.39. The molecule has 2 unspecified atom stereocenters. The molecule has 1 saturated heterocycles. The van der Waals surface area contributed by atoms with Crippen LogP contribution >= 0.6 is 23.4 Å².